The monoisotopic (exact) mass is 242 g/mol. The summed E-state index contributed by atoms with van der Waals surface area (Å²) in [6.45, 7) is 2.01. The Balaban J connectivity index is 2.66. The molecule has 0 amide bonds. The summed E-state index contributed by atoms with van der Waals surface area (Å²) in [5.41, 5.74) is -0.100. The molecule has 0 unspecified atom stereocenters. The summed E-state index contributed by atoms with van der Waals surface area (Å²) in [5, 5.41) is 10.6. The number of nitrogens with zero attached hydrogens (tertiary/aromatic N) is 2. The molecule has 0 aromatic carbocycles. The third-order valence-corrected chi connectivity index (χ3v) is 2.65. The van der Waals surface area contributed by atoms with Crippen molar-refractivity contribution >= 4 is 23.4 Å². The van der Waals surface area contributed by atoms with Crippen LogP contribution in [0.15, 0.2) is 23.4 Å². The number of carbonyl (C=O) groups is 1. The van der Waals surface area contributed by atoms with Crippen LogP contribution in [-0.4, -0.2) is 28.2 Å². The van der Waals surface area contributed by atoms with E-state index in [1.165, 1.54) is 12.3 Å². The molecule has 0 saturated heterocycles. The number of hydrogen-bond acceptors (Lipinski definition) is 6. The SMILES string of the molecule is CCOC(=O)CSc1ccncc1[N+](=O)[O-]. The quantitative estimate of drug-likeness (QED) is 0.338. The zero-order valence-electron chi connectivity index (χ0n) is 8.58. The number of ether oxygens (including phenoxy) is 1. The number of rotatable bonds is 5. The Hall–Kier alpha value is -1.63. The summed E-state index contributed by atoms with van der Waals surface area (Å²) >= 11 is 1.07. The molecule has 6 nitrogen and oxygen atoms in total. The van der Waals surface area contributed by atoms with E-state index < -0.39 is 10.9 Å². The summed E-state index contributed by atoms with van der Waals surface area (Å²) in [4.78, 5) is 25.2. The van der Waals surface area contributed by atoms with Gasteiger partial charge in [0, 0.05) is 6.20 Å². The zero-order chi connectivity index (χ0) is 12.0. The van der Waals surface area contributed by atoms with Crippen LogP contribution in [0.25, 0.3) is 0 Å². The first-order chi connectivity index (χ1) is 7.65. The lowest BCUT2D eigenvalue weighted by Gasteiger charge is -2.02. The molecule has 7 heteroatoms. The third kappa shape index (κ3) is 3.50. The van der Waals surface area contributed by atoms with Gasteiger partial charge in [-0.25, -0.2) is 0 Å². The van der Waals surface area contributed by atoms with Crippen molar-refractivity contribution in [2.45, 2.75) is 11.8 Å². The van der Waals surface area contributed by atoms with E-state index in [1.54, 1.807) is 6.92 Å². The standard InChI is InChI=1S/C9H10N2O4S/c1-2-15-9(12)6-16-8-3-4-10-5-7(8)11(13)14/h3-5H,2,6H2,1H3. The Labute approximate surface area is 96.2 Å². The number of nitro groups is 1. The van der Waals surface area contributed by atoms with E-state index in [-0.39, 0.29) is 11.4 Å². The molecule has 0 atom stereocenters. The van der Waals surface area contributed by atoms with Gasteiger partial charge in [0.2, 0.25) is 0 Å². The number of hydrogen-bond donors (Lipinski definition) is 0. The first-order valence-electron chi connectivity index (χ1n) is 4.52. The number of thioether (sulfide) groups is 1. The molecule has 1 aromatic heterocycles. The van der Waals surface area contributed by atoms with Crippen molar-refractivity contribution in [1.82, 2.24) is 4.98 Å². The topological polar surface area (TPSA) is 82.3 Å². The van der Waals surface area contributed by atoms with Crippen LogP contribution < -0.4 is 0 Å². The van der Waals surface area contributed by atoms with E-state index in [1.807, 2.05) is 0 Å². The minimum absolute atomic E-state index is 0.0543. The van der Waals surface area contributed by atoms with Crippen LogP contribution in [0.3, 0.4) is 0 Å². The van der Waals surface area contributed by atoms with Crippen molar-refractivity contribution < 1.29 is 14.5 Å². The van der Waals surface area contributed by atoms with Gasteiger partial charge in [0.05, 0.1) is 22.2 Å². The Morgan fingerprint density at radius 2 is 2.44 bits per heavy atom. The van der Waals surface area contributed by atoms with E-state index in [0.29, 0.717) is 11.5 Å². The highest BCUT2D eigenvalue weighted by Gasteiger charge is 2.15. The molecule has 1 rings (SSSR count). The second kappa shape index (κ2) is 6.06. The van der Waals surface area contributed by atoms with Gasteiger partial charge in [-0.2, -0.15) is 0 Å². The van der Waals surface area contributed by atoms with Crippen LogP contribution in [0.5, 0.6) is 0 Å². The Morgan fingerprint density at radius 1 is 1.69 bits per heavy atom. The highest BCUT2D eigenvalue weighted by Crippen LogP contribution is 2.27. The molecule has 0 spiro atoms. The van der Waals surface area contributed by atoms with Gasteiger partial charge in [-0.05, 0) is 13.0 Å². The van der Waals surface area contributed by atoms with E-state index in [0.717, 1.165) is 18.0 Å². The number of pyridine rings is 1. The third-order valence-electron chi connectivity index (χ3n) is 1.61. The number of carbonyl (C=O) groups excluding carboxylic acids is 1. The normalized spacial score (nSPS) is 9.81. The maximum Gasteiger partial charge on any atom is 0.316 e. The number of aromatic nitrogens is 1. The smallest absolute Gasteiger partial charge is 0.316 e. The summed E-state index contributed by atoms with van der Waals surface area (Å²) in [6, 6.07) is 1.50. The highest BCUT2D eigenvalue weighted by molar-refractivity contribution is 8.00. The molecule has 0 aliphatic heterocycles. The molecule has 0 saturated carbocycles. The molecule has 16 heavy (non-hydrogen) atoms. The first kappa shape index (κ1) is 12.4. The van der Waals surface area contributed by atoms with Crippen molar-refractivity contribution in [3.63, 3.8) is 0 Å². The summed E-state index contributed by atoms with van der Waals surface area (Å²) in [7, 11) is 0. The van der Waals surface area contributed by atoms with Gasteiger partial charge in [-0.3, -0.25) is 19.9 Å². The van der Waals surface area contributed by atoms with Crippen LogP contribution in [0.1, 0.15) is 6.92 Å². The van der Waals surface area contributed by atoms with Crippen LogP contribution in [0.2, 0.25) is 0 Å². The molecule has 1 heterocycles. The predicted molar refractivity (Wildman–Crippen MR) is 58.2 cm³/mol. The molecule has 86 valence electrons. The van der Waals surface area contributed by atoms with Crippen LogP contribution in [0.4, 0.5) is 5.69 Å². The van der Waals surface area contributed by atoms with Gasteiger partial charge in [0.25, 0.3) is 0 Å². The van der Waals surface area contributed by atoms with Crippen LogP contribution in [-0.2, 0) is 9.53 Å². The summed E-state index contributed by atoms with van der Waals surface area (Å²) in [6.07, 6.45) is 2.61. The average molecular weight is 242 g/mol. The second-order valence-corrected chi connectivity index (χ2v) is 3.71. The van der Waals surface area contributed by atoms with Crippen molar-refractivity contribution in [2.24, 2.45) is 0 Å². The Morgan fingerprint density at radius 3 is 3.06 bits per heavy atom. The molecule has 0 fully saturated rings. The van der Waals surface area contributed by atoms with Gasteiger partial charge in [0.15, 0.2) is 0 Å². The second-order valence-electron chi connectivity index (χ2n) is 2.69. The van der Waals surface area contributed by atoms with Gasteiger partial charge in [0.1, 0.15) is 6.20 Å². The van der Waals surface area contributed by atoms with Crippen molar-refractivity contribution in [3.05, 3.63) is 28.6 Å². The lowest BCUT2D eigenvalue weighted by atomic mass is 10.4. The fraction of sp³-hybridized carbons (Fsp3) is 0.333. The highest BCUT2D eigenvalue weighted by atomic mass is 32.2. The average Bonchev–Trinajstić information content (AvgIpc) is 2.27. The lowest BCUT2D eigenvalue weighted by molar-refractivity contribution is -0.388. The van der Waals surface area contributed by atoms with Crippen molar-refractivity contribution in [1.29, 1.82) is 0 Å². The van der Waals surface area contributed by atoms with Crippen LogP contribution in [0, 0.1) is 10.1 Å². The summed E-state index contributed by atoms with van der Waals surface area (Å²) < 4.78 is 4.72. The van der Waals surface area contributed by atoms with Crippen LogP contribution >= 0.6 is 11.8 Å². The number of esters is 1. The van der Waals surface area contributed by atoms with Crippen molar-refractivity contribution in [2.75, 3.05) is 12.4 Å². The molecule has 1 aromatic rings. The first-order valence-corrected chi connectivity index (χ1v) is 5.50. The molecular weight excluding hydrogens is 232 g/mol. The van der Waals surface area contributed by atoms with Gasteiger partial charge in [-0.15, -0.1) is 11.8 Å². The Bertz CT molecular complexity index is 397. The minimum Gasteiger partial charge on any atom is -0.465 e. The molecule has 0 bridgehead atoms. The van der Waals surface area contributed by atoms with E-state index >= 15 is 0 Å². The van der Waals surface area contributed by atoms with Crippen molar-refractivity contribution in [3.8, 4) is 0 Å². The Kier molecular flexibility index (Phi) is 4.71. The van der Waals surface area contributed by atoms with Gasteiger partial charge < -0.3 is 4.74 Å². The summed E-state index contributed by atoms with van der Waals surface area (Å²) in [5.74, 6) is -0.336. The molecule has 0 N–H and O–H groups in total. The van der Waals surface area contributed by atoms with E-state index in [4.69, 9.17) is 4.74 Å². The fourth-order valence-corrected chi connectivity index (χ4v) is 1.76. The molecule has 0 aliphatic carbocycles. The maximum atomic E-state index is 11.1. The van der Waals surface area contributed by atoms with Gasteiger partial charge >= 0.3 is 11.7 Å². The molecule has 0 aliphatic rings. The fourth-order valence-electron chi connectivity index (χ4n) is 0.972. The molecule has 0 radical (unpaired) electrons. The maximum absolute atomic E-state index is 11.1. The lowest BCUT2D eigenvalue weighted by Crippen LogP contribution is -2.06. The van der Waals surface area contributed by atoms with E-state index in [2.05, 4.69) is 4.98 Å². The minimum atomic E-state index is -0.527. The largest absolute Gasteiger partial charge is 0.465 e. The predicted octanol–water partition coefficient (Wildman–Crippen LogP) is 1.64. The van der Waals surface area contributed by atoms with E-state index in [9.17, 15) is 14.9 Å². The van der Waals surface area contributed by atoms with Gasteiger partial charge in [-0.1, -0.05) is 0 Å². The zero-order valence-corrected chi connectivity index (χ0v) is 9.40. The molecular formula is C9H10N2O4S.